The molecule has 3 heterocycles. The quantitative estimate of drug-likeness (QED) is 0.414. The number of sulfonamides is 1. The number of carbonyl (C=O) groups is 2. The Hall–Kier alpha value is -4.03. The second-order valence-electron chi connectivity index (χ2n) is 8.85. The summed E-state index contributed by atoms with van der Waals surface area (Å²) in [5.41, 5.74) is 4.10. The van der Waals surface area contributed by atoms with Gasteiger partial charge in [-0.15, -0.1) is 4.40 Å². The highest BCUT2D eigenvalue weighted by Gasteiger charge is 2.45. The van der Waals surface area contributed by atoms with Crippen molar-refractivity contribution in [2.45, 2.75) is 24.3 Å². The molecule has 11 nitrogen and oxygen atoms in total. The van der Waals surface area contributed by atoms with Crippen LogP contribution >= 0.6 is 0 Å². The molecule has 36 heavy (non-hydrogen) atoms. The number of aromatic nitrogens is 2. The fraction of sp³-hybridized carbons (Fsp3) is 0.250. The van der Waals surface area contributed by atoms with Gasteiger partial charge in [0, 0.05) is 30.6 Å². The van der Waals surface area contributed by atoms with Crippen LogP contribution in [0.5, 0.6) is 5.75 Å². The molecule has 0 spiro atoms. The number of para-hydroxylation sites is 1. The zero-order valence-corrected chi connectivity index (χ0v) is 19.8. The number of aromatic amines is 1. The molecule has 1 atom stereocenters. The third kappa shape index (κ3) is 4.03. The van der Waals surface area contributed by atoms with Crippen molar-refractivity contribution in [3.63, 3.8) is 0 Å². The Morgan fingerprint density at radius 3 is 2.75 bits per heavy atom. The molecule has 0 saturated heterocycles. The third-order valence-corrected chi connectivity index (χ3v) is 7.62. The molecule has 3 aromatic rings. The molecule has 2 aromatic carbocycles. The van der Waals surface area contributed by atoms with Gasteiger partial charge < -0.3 is 15.0 Å². The number of ether oxygens (including phenoxy) is 1. The molecule has 1 amide bonds. The highest BCUT2D eigenvalue weighted by molar-refractivity contribution is 7.90. The number of hydrogen-bond acceptors (Lipinski definition) is 8. The SMILES string of the molecule is O=C1c2ccccc2N(NCC2CC2)C(=O)C1C1=NS(=O)(=O)c2cc(OCc3ncc[nH]3)ccc2N1. The Balaban J connectivity index is 1.31. The van der Waals surface area contributed by atoms with E-state index >= 15 is 0 Å². The van der Waals surface area contributed by atoms with E-state index in [1.165, 1.54) is 17.1 Å². The third-order valence-electron chi connectivity index (χ3n) is 6.29. The molecular formula is C24H22N6O5S. The Labute approximate surface area is 206 Å². The second kappa shape index (κ2) is 8.57. The van der Waals surface area contributed by atoms with Crippen LogP contribution in [0.25, 0.3) is 0 Å². The largest absolute Gasteiger partial charge is 0.486 e. The van der Waals surface area contributed by atoms with E-state index in [-0.39, 0.29) is 23.0 Å². The summed E-state index contributed by atoms with van der Waals surface area (Å²) >= 11 is 0. The van der Waals surface area contributed by atoms with E-state index in [9.17, 15) is 18.0 Å². The fourth-order valence-electron chi connectivity index (χ4n) is 4.24. The van der Waals surface area contributed by atoms with Gasteiger partial charge in [-0.3, -0.25) is 9.59 Å². The van der Waals surface area contributed by atoms with Gasteiger partial charge in [0.25, 0.3) is 15.9 Å². The smallest absolute Gasteiger partial charge is 0.286 e. The summed E-state index contributed by atoms with van der Waals surface area (Å²) in [7, 11) is -4.21. The van der Waals surface area contributed by atoms with Gasteiger partial charge in [0.1, 0.15) is 28.9 Å². The molecule has 1 unspecified atom stereocenters. The minimum Gasteiger partial charge on any atom is -0.486 e. The zero-order valence-electron chi connectivity index (χ0n) is 19.0. The lowest BCUT2D eigenvalue weighted by Crippen LogP contribution is -2.55. The Morgan fingerprint density at radius 1 is 1.14 bits per heavy atom. The lowest BCUT2D eigenvalue weighted by molar-refractivity contribution is -0.120. The number of anilines is 2. The number of nitrogens with one attached hydrogen (secondary N) is 3. The Bertz CT molecular complexity index is 1500. The van der Waals surface area contributed by atoms with Crippen LogP contribution in [-0.2, 0) is 21.4 Å². The lowest BCUT2D eigenvalue weighted by Gasteiger charge is -2.34. The van der Waals surface area contributed by atoms with Gasteiger partial charge in [-0.05, 0) is 43.0 Å². The van der Waals surface area contributed by atoms with E-state index < -0.39 is 27.6 Å². The highest BCUT2D eigenvalue weighted by atomic mass is 32.2. The number of rotatable bonds is 7. The van der Waals surface area contributed by atoms with Gasteiger partial charge in [-0.25, -0.2) is 15.4 Å². The summed E-state index contributed by atoms with van der Waals surface area (Å²) in [6.45, 7) is 0.713. The summed E-state index contributed by atoms with van der Waals surface area (Å²) in [5.74, 6) is -1.38. The monoisotopic (exact) mass is 506 g/mol. The van der Waals surface area contributed by atoms with E-state index in [0.717, 1.165) is 12.8 Å². The van der Waals surface area contributed by atoms with E-state index in [2.05, 4.69) is 25.1 Å². The number of benzene rings is 2. The number of H-pyrrole nitrogens is 1. The molecule has 1 saturated carbocycles. The first-order valence-electron chi connectivity index (χ1n) is 11.5. The van der Waals surface area contributed by atoms with Gasteiger partial charge >= 0.3 is 0 Å². The van der Waals surface area contributed by atoms with E-state index in [4.69, 9.17) is 4.74 Å². The van der Waals surface area contributed by atoms with Crippen molar-refractivity contribution >= 4 is 38.9 Å². The number of fused-ring (bicyclic) bond motifs is 2. The molecular weight excluding hydrogens is 484 g/mol. The van der Waals surface area contributed by atoms with Crippen LogP contribution in [0, 0.1) is 11.8 Å². The maximum absolute atomic E-state index is 13.5. The number of imidazole rings is 1. The lowest BCUT2D eigenvalue weighted by atomic mass is 9.90. The number of amidine groups is 1. The molecule has 3 N–H and O–H groups in total. The number of nitrogens with zero attached hydrogens (tertiary/aromatic N) is 3. The van der Waals surface area contributed by atoms with Crippen LogP contribution < -0.4 is 20.5 Å². The molecule has 1 fully saturated rings. The minimum absolute atomic E-state index is 0.108. The minimum atomic E-state index is -4.21. The van der Waals surface area contributed by atoms with Crippen LogP contribution in [0.3, 0.4) is 0 Å². The van der Waals surface area contributed by atoms with Gasteiger partial charge in [-0.1, -0.05) is 12.1 Å². The van der Waals surface area contributed by atoms with Crippen LogP contribution in [0.15, 0.2) is 64.2 Å². The van der Waals surface area contributed by atoms with Gasteiger partial charge in [-0.2, -0.15) is 8.42 Å². The van der Waals surface area contributed by atoms with Gasteiger partial charge in [0.15, 0.2) is 11.7 Å². The maximum Gasteiger partial charge on any atom is 0.286 e. The molecule has 3 aliphatic rings. The summed E-state index contributed by atoms with van der Waals surface area (Å²) in [6, 6.07) is 11.2. The van der Waals surface area contributed by atoms with E-state index in [1.807, 2.05) is 0 Å². The first kappa shape index (κ1) is 22.4. The van der Waals surface area contributed by atoms with E-state index in [0.29, 0.717) is 35.3 Å². The van der Waals surface area contributed by atoms with Crippen LogP contribution in [0.4, 0.5) is 11.4 Å². The van der Waals surface area contributed by atoms with Crippen molar-refractivity contribution in [3.8, 4) is 5.75 Å². The highest BCUT2D eigenvalue weighted by Crippen LogP contribution is 2.36. The summed E-state index contributed by atoms with van der Waals surface area (Å²) in [5, 5.41) is 4.25. The molecule has 1 aromatic heterocycles. The summed E-state index contributed by atoms with van der Waals surface area (Å²) in [6.07, 6.45) is 5.40. The molecule has 184 valence electrons. The molecule has 0 bridgehead atoms. The molecule has 6 rings (SSSR count). The van der Waals surface area contributed by atoms with Crippen molar-refractivity contribution < 1.29 is 22.7 Å². The van der Waals surface area contributed by atoms with Crippen LogP contribution in [-0.4, -0.2) is 42.5 Å². The molecule has 1 aliphatic carbocycles. The summed E-state index contributed by atoms with van der Waals surface area (Å²) < 4.78 is 35.7. The molecule has 2 aliphatic heterocycles. The predicted molar refractivity (Wildman–Crippen MR) is 130 cm³/mol. The molecule has 0 radical (unpaired) electrons. The number of ketones is 1. The topological polar surface area (TPSA) is 146 Å². The maximum atomic E-state index is 13.5. The number of Topliss-reactive ketones (excluding diaryl/α,β-unsaturated/α-hetero) is 1. The number of amides is 1. The first-order chi connectivity index (χ1) is 17.4. The van der Waals surface area contributed by atoms with Crippen molar-refractivity contribution in [3.05, 3.63) is 66.2 Å². The van der Waals surface area contributed by atoms with Crippen LogP contribution in [0.2, 0.25) is 0 Å². The van der Waals surface area contributed by atoms with Crippen molar-refractivity contribution in [2.24, 2.45) is 16.2 Å². The number of hydrogen-bond donors (Lipinski definition) is 3. The van der Waals surface area contributed by atoms with Gasteiger partial charge in [0.05, 0.1) is 11.4 Å². The zero-order chi connectivity index (χ0) is 24.9. The van der Waals surface area contributed by atoms with E-state index in [1.54, 1.807) is 42.7 Å². The summed E-state index contributed by atoms with van der Waals surface area (Å²) in [4.78, 5) is 33.7. The normalized spacial score (nSPS) is 20.3. The second-order valence-corrected chi connectivity index (χ2v) is 10.4. The first-order valence-corrected chi connectivity index (χ1v) is 12.9. The molecule has 12 heteroatoms. The standard InChI is InChI=1S/C24H22N6O5S/c31-22-16-3-1-2-4-18(16)30(27-12-14-5-6-14)24(32)21(22)23-28-17-8-7-15(11-19(17)36(33,34)29-23)35-13-20-25-9-10-26-20/h1-4,7-11,14,21,27H,5-6,12-13H2,(H,25,26)(H,28,29). The fourth-order valence-corrected chi connectivity index (χ4v) is 5.41. The predicted octanol–water partition coefficient (Wildman–Crippen LogP) is 2.26. The van der Waals surface area contributed by atoms with Gasteiger partial charge in [0.2, 0.25) is 0 Å². The average molecular weight is 507 g/mol. The number of carbonyl (C=O) groups excluding carboxylic acids is 2. The van der Waals surface area contributed by atoms with Crippen molar-refractivity contribution in [2.75, 3.05) is 16.9 Å². The number of hydrazine groups is 1. The van der Waals surface area contributed by atoms with Crippen molar-refractivity contribution in [1.82, 2.24) is 15.4 Å². The van der Waals surface area contributed by atoms with Crippen molar-refractivity contribution in [1.29, 1.82) is 0 Å². The van der Waals surface area contributed by atoms with Crippen LogP contribution in [0.1, 0.15) is 29.0 Å². The Kier molecular flexibility index (Phi) is 5.34. The average Bonchev–Trinajstić information content (AvgIpc) is 3.54. The Morgan fingerprint density at radius 2 is 1.97 bits per heavy atom.